The quantitative estimate of drug-likeness (QED) is 0.0359. The third kappa shape index (κ3) is 43.4. The summed E-state index contributed by atoms with van der Waals surface area (Å²) in [5.41, 5.74) is 0. The first kappa shape index (κ1) is 56.5. The molecule has 0 fully saturated rings. The molecule has 0 saturated heterocycles. The van der Waals surface area contributed by atoms with Crippen LogP contribution in [0.2, 0.25) is 0 Å². The number of phosphoric acid groups is 1. The number of nitrogens with zero attached hydrogens (tertiary/aromatic N) is 1. The highest BCUT2D eigenvalue weighted by molar-refractivity contribution is 7.45. The topological polar surface area (TPSA) is 108 Å². The summed E-state index contributed by atoms with van der Waals surface area (Å²) in [5, 5.41) is 14.0. The molecule has 3 unspecified atom stereocenters. The van der Waals surface area contributed by atoms with Crippen LogP contribution in [-0.4, -0.2) is 68.5 Å². The first-order chi connectivity index (χ1) is 27.5. The Labute approximate surface area is 355 Å². The smallest absolute Gasteiger partial charge is 0.268 e. The predicted octanol–water partition coefficient (Wildman–Crippen LogP) is 13.5. The number of nitrogens with one attached hydrogen (secondary N) is 1. The van der Waals surface area contributed by atoms with Crippen molar-refractivity contribution in [1.29, 1.82) is 0 Å². The molecule has 342 valence electrons. The normalized spacial score (nSPS) is 14.2. The van der Waals surface area contributed by atoms with Crippen LogP contribution in [0.25, 0.3) is 0 Å². The molecule has 0 bridgehead atoms. The minimum atomic E-state index is -4.56. The molecule has 9 heteroatoms. The third-order valence-corrected chi connectivity index (χ3v) is 12.6. The Balaban J connectivity index is 4.24. The summed E-state index contributed by atoms with van der Waals surface area (Å²) in [7, 11) is 1.32. The molecular formula is C48H99N2O6P. The lowest BCUT2D eigenvalue weighted by Gasteiger charge is -2.30. The van der Waals surface area contributed by atoms with E-state index in [4.69, 9.17) is 9.05 Å². The molecule has 0 aliphatic carbocycles. The lowest BCUT2D eigenvalue weighted by molar-refractivity contribution is -0.870. The van der Waals surface area contributed by atoms with Gasteiger partial charge in [0.25, 0.3) is 7.82 Å². The minimum absolute atomic E-state index is 0.0163. The van der Waals surface area contributed by atoms with Gasteiger partial charge in [-0.25, -0.2) is 0 Å². The van der Waals surface area contributed by atoms with Gasteiger partial charge in [-0.3, -0.25) is 9.36 Å². The number of rotatable bonds is 46. The Hall–Kier alpha value is -0.500. The highest BCUT2D eigenvalue weighted by Gasteiger charge is 2.24. The van der Waals surface area contributed by atoms with Crippen LogP contribution in [0, 0.1) is 0 Å². The van der Waals surface area contributed by atoms with Crippen LogP contribution in [0.3, 0.4) is 0 Å². The first-order valence-electron chi connectivity index (χ1n) is 24.9. The molecule has 1 amide bonds. The van der Waals surface area contributed by atoms with E-state index in [9.17, 15) is 19.4 Å². The van der Waals surface area contributed by atoms with Gasteiger partial charge in [-0.15, -0.1) is 0 Å². The van der Waals surface area contributed by atoms with Gasteiger partial charge in [0.05, 0.1) is 39.9 Å². The predicted molar refractivity (Wildman–Crippen MR) is 243 cm³/mol. The monoisotopic (exact) mass is 831 g/mol. The number of phosphoric ester groups is 1. The zero-order valence-electron chi connectivity index (χ0n) is 38.8. The lowest BCUT2D eigenvalue weighted by atomic mass is 10.0. The summed E-state index contributed by atoms with van der Waals surface area (Å²) in [6, 6.07) is -0.793. The molecule has 8 nitrogen and oxygen atoms in total. The van der Waals surface area contributed by atoms with Crippen LogP contribution in [-0.2, 0) is 18.4 Å². The zero-order chi connectivity index (χ0) is 42.1. The molecule has 0 saturated carbocycles. The van der Waals surface area contributed by atoms with Crippen molar-refractivity contribution in [3.05, 3.63) is 0 Å². The van der Waals surface area contributed by atoms with Crippen LogP contribution < -0.4 is 10.2 Å². The van der Waals surface area contributed by atoms with Gasteiger partial charge >= 0.3 is 0 Å². The molecular weight excluding hydrogens is 732 g/mol. The fraction of sp³-hybridized carbons (Fsp3) is 0.979. The molecule has 0 spiro atoms. The average molecular weight is 831 g/mol. The van der Waals surface area contributed by atoms with Crippen molar-refractivity contribution in [3.63, 3.8) is 0 Å². The number of aliphatic hydroxyl groups is 1. The zero-order valence-corrected chi connectivity index (χ0v) is 39.7. The molecule has 3 atom stereocenters. The summed E-state index contributed by atoms with van der Waals surface area (Å²) in [4.78, 5) is 25.4. The number of amides is 1. The van der Waals surface area contributed by atoms with Gasteiger partial charge in [0.2, 0.25) is 5.91 Å². The van der Waals surface area contributed by atoms with Crippen molar-refractivity contribution in [1.82, 2.24) is 5.32 Å². The summed E-state index contributed by atoms with van der Waals surface area (Å²) in [5.74, 6) is -0.159. The minimum Gasteiger partial charge on any atom is -0.756 e. The summed E-state index contributed by atoms with van der Waals surface area (Å²) < 4.78 is 23.3. The second kappa shape index (κ2) is 40.9. The second-order valence-electron chi connectivity index (χ2n) is 18.5. The molecule has 0 aromatic heterocycles. The van der Waals surface area contributed by atoms with Gasteiger partial charge in [0.15, 0.2) is 0 Å². The maximum atomic E-state index is 12.9. The van der Waals surface area contributed by atoms with Crippen LogP contribution in [0.1, 0.15) is 251 Å². The Morgan fingerprint density at radius 1 is 0.544 bits per heavy atom. The van der Waals surface area contributed by atoms with E-state index < -0.39 is 20.0 Å². The number of hydrogen-bond acceptors (Lipinski definition) is 6. The van der Waals surface area contributed by atoms with E-state index in [-0.39, 0.29) is 19.1 Å². The van der Waals surface area contributed by atoms with Crippen molar-refractivity contribution in [2.24, 2.45) is 0 Å². The maximum absolute atomic E-state index is 12.9. The Kier molecular flexibility index (Phi) is 40.5. The molecule has 2 N–H and O–H groups in total. The van der Waals surface area contributed by atoms with Gasteiger partial charge in [-0.1, -0.05) is 232 Å². The van der Waals surface area contributed by atoms with Gasteiger partial charge in [-0.2, -0.15) is 0 Å². The molecule has 0 aliphatic rings. The van der Waals surface area contributed by atoms with E-state index in [1.807, 2.05) is 21.1 Å². The number of carbonyl (C=O) groups is 1. The van der Waals surface area contributed by atoms with Crippen molar-refractivity contribution in [2.75, 3.05) is 40.9 Å². The number of carbonyl (C=O) groups excluding carboxylic acids is 1. The van der Waals surface area contributed by atoms with Gasteiger partial charge in [0, 0.05) is 6.42 Å². The molecule has 0 aromatic carbocycles. The molecule has 0 heterocycles. The fourth-order valence-corrected chi connectivity index (χ4v) is 8.35. The molecule has 57 heavy (non-hydrogen) atoms. The lowest BCUT2D eigenvalue weighted by Crippen LogP contribution is -2.46. The standard InChI is InChI=1S/C48H99N2O6P/c1-6-8-10-12-14-16-18-20-22-24-25-26-28-30-32-34-36-38-40-42-48(52)49-46(45-56-57(53,54)55-44-43-50(3,4)5)47(51)41-39-37-35-33-31-29-27-23-21-19-17-15-13-11-9-7-2/h46-47,51H,6-45H2,1-5H3,(H-,49,52,53,54). The van der Waals surface area contributed by atoms with Gasteiger partial charge < -0.3 is 28.8 Å². The van der Waals surface area contributed by atoms with E-state index in [1.54, 1.807) is 0 Å². The van der Waals surface area contributed by atoms with Crippen molar-refractivity contribution in [2.45, 2.75) is 264 Å². The molecule has 0 rings (SSSR count). The number of aliphatic hydroxyl groups excluding tert-OH is 1. The van der Waals surface area contributed by atoms with Gasteiger partial charge in [0.1, 0.15) is 13.2 Å². The maximum Gasteiger partial charge on any atom is 0.268 e. The van der Waals surface area contributed by atoms with Crippen molar-refractivity contribution >= 4 is 13.7 Å². The van der Waals surface area contributed by atoms with Crippen LogP contribution >= 0.6 is 7.82 Å². The summed E-state index contributed by atoms with van der Waals surface area (Å²) in [6.45, 7) is 4.76. The van der Waals surface area contributed by atoms with Crippen LogP contribution in [0.15, 0.2) is 0 Å². The van der Waals surface area contributed by atoms with Crippen molar-refractivity contribution in [3.8, 4) is 0 Å². The summed E-state index contributed by atoms with van der Waals surface area (Å²) in [6.07, 6.45) is 45.3. The van der Waals surface area contributed by atoms with Crippen LogP contribution in [0.5, 0.6) is 0 Å². The van der Waals surface area contributed by atoms with E-state index in [0.29, 0.717) is 23.9 Å². The number of likely N-dealkylation sites (N-methyl/N-ethyl adjacent to an activating group) is 1. The molecule has 0 radical (unpaired) electrons. The Morgan fingerprint density at radius 2 is 0.860 bits per heavy atom. The third-order valence-electron chi connectivity index (χ3n) is 11.6. The SMILES string of the molecule is CCCCCCCCCCCCCCCCCCCCCC(=O)NC(COP(=O)([O-])OCC[N+](C)(C)C)C(O)CCCCCCCCCCCCCCCCCC. The Bertz CT molecular complexity index is 901. The van der Waals surface area contributed by atoms with Gasteiger partial charge in [-0.05, 0) is 12.8 Å². The van der Waals surface area contributed by atoms with E-state index in [2.05, 4.69) is 19.2 Å². The molecule has 0 aliphatic heterocycles. The van der Waals surface area contributed by atoms with Crippen LogP contribution in [0.4, 0.5) is 0 Å². The highest BCUT2D eigenvalue weighted by Crippen LogP contribution is 2.38. The summed E-state index contributed by atoms with van der Waals surface area (Å²) >= 11 is 0. The van der Waals surface area contributed by atoms with E-state index in [0.717, 1.165) is 38.5 Å². The number of unbranched alkanes of at least 4 members (excludes halogenated alkanes) is 33. The number of hydrogen-bond donors (Lipinski definition) is 2. The first-order valence-corrected chi connectivity index (χ1v) is 26.3. The largest absolute Gasteiger partial charge is 0.756 e. The Morgan fingerprint density at radius 3 is 1.19 bits per heavy atom. The average Bonchev–Trinajstić information content (AvgIpc) is 3.16. The highest BCUT2D eigenvalue weighted by atomic mass is 31.2. The van der Waals surface area contributed by atoms with E-state index in [1.165, 1.54) is 186 Å². The van der Waals surface area contributed by atoms with Crippen molar-refractivity contribution < 1.29 is 32.9 Å². The fourth-order valence-electron chi connectivity index (χ4n) is 7.63. The van der Waals surface area contributed by atoms with E-state index >= 15 is 0 Å². The second-order valence-corrected chi connectivity index (χ2v) is 19.9. The molecule has 0 aromatic rings. The number of quaternary nitrogens is 1.